The van der Waals surface area contributed by atoms with E-state index in [4.69, 9.17) is 14.6 Å². The third-order valence-corrected chi connectivity index (χ3v) is 4.71. The monoisotopic (exact) mass is 464 g/mol. The van der Waals surface area contributed by atoms with Crippen molar-refractivity contribution in [3.63, 3.8) is 0 Å². The van der Waals surface area contributed by atoms with Gasteiger partial charge in [-0.1, -0.05) is 24.3 Å². The number of aromatic carboxylic acids is 1. The van der Waals surface area contributed by atoms with E-state index in [1.54, 1.807) is 24.3 Å². The van der Waals surface area contributed by atoms with Gasteiger partial charge in [0.2, 0.25) is 0 Å². The third kappa shape index (κ3) is 7.79. The molecule has 2 amide bonds. The van der Waals surface area contributed by atoms with E-state index in [1.165, 1.54) is 12.3 Å². The fourth-order valence-corrected chi connectivity index (χ4v) is 3.01. The second-order valence-corrected chi connectivity index (χ2v) is 7.74. The molecule has 9 heteroatoms. The van der Waals surface area contributed by atoms with Crippen LogP contribution in [-0.4, -0.2) is 54.2 Å². The van der Waals surface area contributed by atoms with E-state index in [-0.39, 0.29) is 11.7 Å². The summed E-state index contributed by atoms with van der Waals surface area (Å²) in [7, 11) is 4.02. The maximum Gasteiger partial charge on any atom is 0.354 e. The topological polar surface area (TPSA) is 113 Å². The first-order valence-electron chi connectivity index (χ1n) is 10.8. The van der Waals surface area contributed by atoms with Crippen LogP contribution in [0.1, 0.15) is 22.5 Å². The number of para-hydroxylation sites is 2. The molecule has 178 valence electrons. The van der Waals surface area contributed by atoms with Gasteiger partial charge in [-0.25, -0.2) is 14.6 Å². The van der Waals surface area contributed by atoms with E-state index in [0.717, 1.165) is 18.5 Å². The Bertz CT molecular complexity index is 1100. The quantitative estimate of drug-likeness (QED) is 0.364. The number of carbonyl (C=O) groups excluding carboxylic acids is 1. The van der Waals surface area contributed by atoms with Crippen LogP contribution in [-0.2, 0) is 6.54 Å². The molecule has 0 radical (unpaired) electrons. The van der Waals surface area contributed by atoms with E-state index >= 15 is 0 Å². The van der Waals surface area contributed by atoms with Crippen LogP contribution in [0.25, 0.3) is 0 Å². The van der Waals surface area contributed by atoms with Crippen LogP contribution < -0.4 is 20.1 Å². The van der Waals surface area contributed by atoms with Crippen LogP contribution >= 0.6 is 0 Å². The SMILES string of the molecule is CN(C)CCCOc1ccccc1NC(=O)NCc1ccc(Oc2ccnc(C(=O)O)c2)cc1. The van der Waals surface area contributed by atoms with Crippen LogP contribution in [0.2, 0.25) is 0 Å². The van der Waals surface area contributed by atoms with Crippen molar-refractivity contribution in [1.29, 1.82) is 0 Å². The number of ether oxygens (including phenoxy) is 2. The highest BCUT2D eigenvalue weighted by Crippen LogP contribution is 2.24. The van der Waals surface area contributed by atoms with Crippen LogP contribution in [0.3, 0.4) is 0 Å². The molecule has 3 N–H and O–H groups in total. The summed E-state index contributed by atoms with van der Waals surface area (Å²) < 4.78 is 11.5. The van der Waals surface area contributed by atoms with Crippen molar-refractivity contribution < 1.29 is 24.2 Å². The number of nitrogens with zero attached hydrogens (tertiary/aromatic N) is 2. The van der Waals surface area contributed by atoms with E-state index in [2.05, 4.69) is 20.5 Å². The Morgan fingerprint density at radius 2 is 1.79 bits per heavy atom. The molecule has 0 saturated heterocycles. The zero-order valence-corrected chi connectivity index (χ0v) is 19.2. The number of nitrogens with one attached hydrogen (secondary N) is 2. The number of urea groups is 1. The fraction of sp³-hybridized carbons (Fsp3) is 0.240. The van der Waals surface area contributed by atoms with Gasteiger partial charge in [0.25, 0.3) is 0 Å². The standard InChI is InChI=1S/C25H28N4O5/c1-29(2)14-5-15-33-23-7-4-3-6-21(23)28-25(32)27-17-18-8-10-19(11-9-18)34-20-12-13-26-22(16-20)24(30)31/h3-4,6-13,16H,5,14-15,17H2,1-2H3,(H,30,31)(H2,27,28,32). The van der Waals surface area contributed by atoms with Crippen molar-refractivity contribution in [2.24, 2.45) is 0 Å². The Labute approximate surface area is 198 Å². The molecule has 3 rings (SSSR count). The highest BCUT2D eigenvalue weighted by molar-refractivity contribution is 5.90. The van der Waals surface area contributed by atoms with Gasteiger partial charge >= 0.3 is 12.0 Å². The number of benzene rings is 2. The largest absolute Gasteiger partial charge is 0.491 e. The molecule has 0 aliphatic carbocycles. The van der Waals surface area contributed by atoms with Crippen molar-refractivity contribution in [1.82, 2.24) is 15.2 Å². The summed E-state index contributed by atoms with van der Waals surface area (Å²) in [6, 6.07) is 17.0. The van der Waals surface area contributed by atoms with Crippen LogP contribution in [0.5, 0.6) is 17.2 Å². The number of hydrogen-bond acceptors (Lipinski definition) is 6. The van der Waals surface area contributed by atoms with Gasteiger partial charge in [-0.05, 0) is 56.4 Å². The van der Waals surface area contributed by atoms with Gasteiger partial charge in [0.1, 0.15) is 17.2 Å². The number of amides is 2. The second kappa shape index (κ2) is 12.2. The number of rotatable bonds is 11. The number of carboxylic acids is 1. The molecule has 1 aromatic heterocycles. The molecule has 0 unspecified atom stereocenters. The Balaban J connectivity index is 1.49. The van der Waals surface area contributed by atoms with Crippen molar-refractivity contribution in [3.8, 4) is 17.2 Å². The minimum absolute atomic E-state index is 0.0927. The first-order valence-corrected chi connectivity index (χ1v) is 10.8. The zero-order chi connectivity index (χ0) is 24.3. The number of aromatic nitrogens is 1. The third-order valence-electron chi connectivity index (χ3n) is 4.71. The van der Waals surface area contributed by atoms with Crippen molar-refractivity contribution in [2.75, 3.05) is 32.6 Å². The van der Waals surface area contributed by atoms with Crippen LogP contribution in [0.4, 0.5) is 10.5 Å². The van der Waals surface area contributed by atoms with Gasteiger partial charge in [-0.15, -0.1) is 0 Å². The number of anilines is 1. The molecular formula is C25H28N4O5. The highest BCUT2D eigenvalue weighted by Gasteiger charge is 2.09. The Morgan fingerprint density at radius 3 is 2.53 bits per heavy atom. The van der Waals surface area contributed by atoms with Gasteiger partial charge in [0, 0.05) is 25.4 Å². The minimum atomic E-state index is -1.12. The van der Waals surface area contributed by atoms with E-state index < -0.39 is 5.97 Å². The molecule has 0 aliphatic rings. The predicted molar refractivity (Wildman–Crippen MR) is 129 cm³/mol. The summed E-state index contributed by atoms with van der Waals surface area (Å²) in [5, 5.41) is 14.7. The van der Waals surface area contributed by atoms with Gasteiger partial charge in [-0.2, -0.15) is 0 Å². The number of pyridine rings is 1. The average Bonchev–Trinajstić information content (AvgIpc) is 2.82. The maximum absolute atomic E-state index is 12.4. The van der Waals surface area contributed by atoms with Crippen molar-refractivity contribution in [2.45, 2.75) is 13.0 Å². The molecule has 9 nitrogen and oxygen atoms in total. The molecule has 3 aromatic rings. The maximum atomic E-state index is 12.4. The van der Waals surface area contributed by atoms with E-state index in [1.807, 2.05) is 44.4 Å². The molecule has 2 aromatic carbocycles. The molecule has 0 spiro atoms. The van der Waals surface area contributed by atoms with Crippen LogP contribution in [0.15, 0.2) is 66.9 Å². The zero-order valence-electron chi connectivity index (χ0n) is 19.2. The predicted octanol–water partition coefficient (Wildman–Crippen LogP) is 4.22. The van der Waals surface area contributed by atoms with Crippen LogP contribution in [0, 0.1) is 0 Å². The molecule has 0 saturated carbocycles. The minimum Gasteiger partial charge on any atom is -0.491 e. The molecule has 34 heavy (non-hydrogen) atoms. The molecule has 0 aliphatic heterocycles. The number of carbonyl (C=O) groups is 2. The average molecular weight is 465 g/mol. The van der Waals surface area contributed by atoms with Crippen molar-refractivity contribution >= 4 is 17.7 Å². The molecule has 0 bridgehead atoms. The Kier molecular flexibility index (Phi) is 8.81. The van der Waals surface area contributed by atoms with Gasteiger partial charge in [-0.3, -0.25) is 0 Å². The van der Waals surface area contributed by atoms with Crippen molar-refractivity contribution in [3.05, 3.63) is 78.1 Å². The van der Waals surface area contributed by atoms with E-state index in [9.17, 15) is 9.59 Å². The number of carboxylic acid groups (broad SMARTS) is 1. The Morgan fingerprint density at radius 1 is 1.03 bits per heavy atom. The molecular weight excluding hydrogens is 436 g/mol. The lowest BCUT2D eigenvalue weighted by Crippen LogP contribution is -2.28. The fourth-order valence-electron chi connectivity index (χ4n) is 3.01. The molecule has 0 fully saturated rings. The lowest BCUT2D eigenvalue weighted by atomic mass is 10.2. The lowest BCUT2D eigenvalue weighted by molar-refractivity contribution is 0.0690. The second-order valence-electron chi connectivity index (χ2n) is 7.74. The van der Waals surface area contributed by atoms with E-state index in [0.29, 0.717) is 36.1 Å². The van der Waals surface area contributed by atoms with Gasteiger partial charge in [0.15, 0.2) is 5.69 Å². The Hall–Kier alpha value is -4.11. The summed E-state index contributed by atoms with van der Waals surface area (Å²) in [6.07, 6.45) is 2.26. The van der Waals surface area contributed by atoms with Gasteiger partial charge in [0.05, 0.1) is 12.3 Å². The lowest BCUT2D eigenvalue weighted by Gasteiger charge is -2.14. The first-order chi connectivity index (χ1) is 16.4. The molecule has 1 heterocycles. The smallest absolute Gasteiger partial charge is 0.354 e. The summed E-state index contributed by atoms with van der Waals surface area (Å²) in [6.45, 7) is 1.80. The highest BCUT2D eigenvalue weighted by atomic mass is 16.5. The molecule has 0 atom stereocenters. The van der Waals surface area contributed by atoms with Gasteiger partial charge < -0.3 is 30.1 Å². The summed E-state index contributed by atoms with van der Waals surface area (Å²) in [5.41, 5.74) is 1.38. The summed E-state index contributed by atoms with van der Waals surface area (Å²) >= 11 is 0. The number of hydrogen-bond donors (Lipinski definition) is 3. The normalized spacial score (nSPS) is 10.6. The summed E-state index contributed by atoms with van der Waals surface area (Å²) in [5.74, 6) is 0.417. The first kappa shape index (κ1) is 24.5. The summed E-state index contributed by atoms with van der Waals surface area (Å²) in [4.78, 5) is 29.3.